The minimum atomic E-state index is -1.16. The number of benzene rings is 1. The number of imidazole rings is 1. The van der Waals surface area contributed by atoms with Gasteiger partial charge in [-0.05, 0) is 51.3 Å². The molecule has 182 valence electrons. The minimum absolute atomic E-state index is 0.0450. The van der Waals surface area contributed by atoms with Gasteiger partial charge in [0.25, 0.3) is 5.91 Å². The Hall–Kier alpha value is -3.36. The largest absolute Gasteiger partial charge is 0.491 e. The number of carbonyl (C=O) groups is 3. The van der Waals surface area contributed by atoms with Crippen LogP contribution in [-0.4, -0.2) is 57.0 Å². The zero-order valence-electron chi connectivity index (χ0n) is 20.2. The summed E-state index contributed by atoms with van der Waals surface area (Å²) >= 11 is 0. The number of esters is 1. The Morgan fingerprint density at radius 1 is 1.21 bits per heavy atom. The number of nitrogens with one attached hydrogen (secondary N) is 1. The highest BCUT2D eigenvalue weighted by molar-refractivity contribution is 6.06. The molecule has 1 fully saturated rings. The highest BCUT2D eigenvalue weighted by atomic mass is 16.5. The van der Waals surface area contributed by atoms with Crippen LogP contribution in [0.4, 0.5) is 0 Å². The minimum Gasteiger partial charge on any atom is -0.491 e. The molecule has 1 aliphatic carbocycles. The molecule has 2 heterocycles. The maximum absolute atomic E-state index is 13.7. The summed E-state index contributed by atoms with van der Waals surface area (Å²) in [7, 11) is 1.25. The van der Waals surface area contributed by atoms with Crippen LogP contribution >= 0.6 is 0 Å². The van der Waals surface area contributed by atoms with E-state index in [0.717, 1.165) is 37.0 Å². The lowest BCUT2D eigenvalue weighted by Crippen LogP contribution is -2.64. The van der Waals surface area contributed by atoms with Crippen molar-refractivity contribution >= 4 is 17.8 Å². The first-order valence-electron chi connectivity index (χ1n) is 11.7. The lowest BCUT2D eigenvalue weighted by molar-refractivity contribution is -0.134. The molecule has 0 bridgehead atoms. The van der Waals surface area contributed by atoms with Gasteiger partial charge in [-0.2, -0.15) is 0 Å². The number of nitrogens with zero attached hydrogens (tertiary/aromatic N) is 3. The van der Waals surface area contributed by atoms with E-state index in [9.17, 15) is 14.4 Å². The molecule has 0 radical (unpaired) electrons. The molecule has 2 aliphatic rings. The van der Waals surface area contributed by atoms with Crippen LogP contribution in [0.1, 0.15) is 73.0 Å². The summed E-state index contributed by atoms with van der Waals surface area (Å²) in [6.07, 6.45) is 5.53. The summed E-state index contributed by atoms with van der Waals surface area (Å²) in [6.45, 7) is 6.06. The van der Waals surface area contributed by atoms with Gasteiger partial charge in [-0.1, -0.05) is 25.0 Å². The summed E-state index contributed by atoms with van der Waals surface area (Å²) in [5, 5.41) is 3.15. The highest BCUT2D eigenvalue weighted by Crippen LogP contribution is 2.32. The van der Waals surface area contributed by atoms with Crippen molar-refractivity contribution in [1.82, 2.24) is 19.8 Å². The number of aromatic nitrogens is 2. The number of rotatable bonds is 7. The standard InChI is InChI=1S/C25H32N4O5/c1-16(2)34-19-11-9-17(10-12-19)13-29-22(30)21-20(23(31)33-4)26-15-28(21)14-25(29,3)24(32)27-18-7-5-6-8-18/h9-12,15-16,18H,5-8,13-14H2,1-4H3,(H,27,32)/t25-/m1/s1. The summed E-state index contributed by atoms with van der Waals surface area (Å²) < 4.78 is 12.1. The Morgan fingerprint density at radius 2 is 1.88 bits per heavy atom. The normalized spacial score (nSPS) is 20.4. The third-order valence-electron chi connectivity index (χ3n) is 6.55. The third kappa shape index (κ3) is 4.51. The fraction of sp³-hybridized carbons (Fsp3) is 0.520. The monoisotopic (exact) mass is 468 g/mol. The fourth-order valence-electron chi connectivity index (χ4n) is 4.72. The van der Waals surface area contributed by atoms with Gasteiger partial charge in [-0.3, -0.25) is 9.59 Å². The van der Waals surface area contributed by atoms with E-state index in [0.29, 0.717) is 0 Å². The summed E-state index contributed by atoms with van der Waals surface area (Å²) in [5.41, 5.74) is -0.223. The third-order valence-corrected chi connectivity index (χ3v) is 6.55. The van der Waals surface area contributed by atoms with Crippen LogP contribution in [0.3, 0.4) is 0 Å². The second kappa shape index (κ2) is 9.48. The molecule has 1 atom stereocenters. The topological polar surface area (TPSA) is 103 Å². The predicted octanol–water partition coefficient (Wildman–Crippen LogP) is 2.93. The van der Waals surface area contributed by atoms with Crippen molar-refractivity contribution in [3.63, 3.8) is 0 Å². The summed E-state index contributed by atoms with van der Waals surface area (Å²) in [5.74, 6) is -0.588. The molecule has 9 nitrogen and oxygen atoms in total. The molecule has 34 heavy (non-hydrogen) atoms. The first-order valence-corrected chi connectivity index (χ1v) is 11.7. The van der Waals surface area contributed by atoms with Crippen molar-refractivity contribution in [3.8, 4) is 5.75 Å². The van der Waals surface area contributed by atoms with Crippen LogP contribution in [0, 0.1) is 0 Å². The second-order valence-corrected chi connectivity index (χ2v) is 9.49. The van der Waals surface area contributed by atoms with E-state index in [1.54, 1.807) is 16.4 Å². The zero-order valence-corrected chi connectivity index (χ0v) is 20.2. The van der Waals surface area contributed by atoms with Crippen LogP contribution in [0.25, 0.3) is 0 Å². The van der Waals surface area contributed by atoms with E-state index < -0.39 is 17.4 Å². The van der Waals surface area contributed by atoms with Crippen LogP contribution < -0.4 is 10.1 Å². The predicted molar refractivity (Wildman–Crippen MR) is 124 cm³/mol. The molecular weight excluding hydrogens is 436 g/mol. The van der Waals surface area contributed by atoms with Gasteiger partial charge in [0.15, 0.2) is 5.69 Å². The van der Waals surface area contributed by atoms with E-state index in [4.69, 9.17) is 9.47 Å². The molecule has 9 heteroatoms. The Bertz CT molecular complexity index is 1070. The number of amides is 2. The van der Waals surface area contributed by atoms with Gasteiger partial charge >= 0.3 is 5.97 Å². The van der Waals surface area contributed by atoms with Crippen molar-refractivity contribution in [2.45, 2.75) is 77.2 Å². The zero-order chi connectivity index (χ0) is 24.5. The van der Waals surface area contributed by atoms with Gasteiger partial charge in [-0.15, -0.1) is 0 Å². The maximum Gasteiger partial charge on any atom is 0.359 e. The molecule has 1 aromatic carbocycles. The fourth-order valence-corrected chi connectivity index (χ4v) is 4.72. The van der Waals surface area contributed by atoms with E-state index in [1.807, 2.05) is 38.1 Å². The van der Waals surface area contributed by atoms with Crippen LogP contribution in [0.2, 0.25) is 0 Å². The molecule has 0 saturated heterocycles. The second-order valence-electron chi connectivity index (χ2n) is 9.49. The van der Waals surface area contributed by atoms with Crippen LogP contribution in [-0.2, 0) is 22.6 Å². The lowest BCUT2D eigenvalue weighted by Gasteiger charge is -2.44. The van der Waals surface area contributed by atoms with Crippen molar-refractivity contribution < 1.29 is 23.9 Å². The van der Waals surface area contributed by atoms with Crippen LogP contribution in [0.5, 0.6) is 5.75 Å². The van der Waals surface area contributed by atoms with Crippen molar-refractivity contribution in [2.75, 3.05) is 7.11 Å². The van der Waals surface area contributed by atoms with E-state index >= 15 is 0 Å². The number of carbonyl (C=O) groups excluding carboxylic acids is 3. The number of hydrogen-bond acceptors (Lipinski definition) is 6. The molecule has 2 amide bonds. The molecule has 4 rings (SSSR count). The molecule has 0 unspecified atom stereocenters. The summed E-state index contributed by atoms with van der Waals surface area (Å²) in [6, 6.07) is 7.58. The molecule has 0 spiro atoms. The van der Waals surface area contributed by atoms with Crippen molar-refractivity contribution in [3.05, 3.63) is 47.5 Å². The molecule has 1 N–H and O–H groups in total. The smallest absolute Gasteiger partial charge is 0.359 e. The Kier molecular flexibility index (Phi) is 6.63. The molecule has 2 aromatic rings. The van der Waals surface area contributed by atoms with E-state index in [1.165, 1.54) is 13.4 Å². The molecular formula is C25H32N4O5. The molecule has 1 aromatic heterocycles. The average Bonchev–Trinajstić information content (AvgIpc) is 3.46. The quantitative estimate of drug-likeness (QED) is 0.627. The number of fused-ring (bicyclic) bond motifs is 1. The van der Waals surface area contributed by atoms with Gasteiger partial charge in [-0.25, -0.2) is 9.78 Å². The van der Waals surface area contributed by atoms with E-state index in [2.05, 4.69) is 10.3 Å². The Morgan fingerprint density at radius 3 is 2.50 bits per heavy atom. The van der Waals surface area contributed by atoms with Gasteiger partial charge in [0.2, 0.25) is 5.91 Å². The van der Waals surface area contributed by atoms with Gasteiger partial charge in [0, 0.05) is 12.6 Å². The Labute approximate surface area is 199 Å². The Balaban J connectivity index is 1.68. The lowest BCUT2D eigenvalue weighted by atomic mass is 9.93. The number of methoxy groups -OCH3 is 1. The summed E-state index contributed by atoms with van der Waals surface area (Å²) in [4.78, 5) is 45.2. The maximum atomic E-state index is 13.7. The van der Waals surface area contributed by atoms with Gasteiger partial charge in [0.1, 0.15) is 17.0 Å². The first kappa shape index (κ1) is 23.8. The number of hydrogen-bond donors (Lipinski definition) is 1. The average molecular weight is 469 g/mol. The van der Waals surface area contributed by atoms with Gasteiger partial charge in [0.05, 0.1) is 26.1 Å². The van der Waals surface area contributed by atoms with Gasteiger partial charge < -0.3 is 24.3 Å². The SMILES string of the molecule is COC(=O)c1ncn2c1C(=O)N(Cc1ccc(OC(C)C)cc1)[C@@](C)(C(=O)NC1CCCC1)C2. The molecule has 1 aliphatic heterocycles. The van der Waals surface area contributed by atoms with Crippen molar-refractivity contribution in [1.29, 1.82) is 0 Å². The number of ether oxygens (including phenoxy) is 2. The highest BCUT2D eigenvalue weighted by Gasteiger charge is 2.49. The van der Waals surface area contributed by atoms with Crippen molar-refractivity contribution in [2.24, 2.45) is 0 Å². The molecule has 1 saturated carbocycles. The van der Waals surface area contributed by atoms with E-state index in [-0.39, 0.29) is 42.5 Å². The first-order chi connectivity index (χ1) is 16.2. The van der Waals surface area contributed by atoms with Crippen LogP contribution in [0.15, 0.2) is 30.6 Å².